The molecule has 0 aromatic heterocycles. The van der Waals surface area contributed by atoms with Crippen LogP contribution in [0.2, 0.25) is 0 Å². The summed E-state index contributed by atoms with van der Waals surface area (Å²) in [5.41, 5.74) is -3.33. The zero-order valence-electron chi connectivity index (χ0n) is 13.3. The molecule has 19 heavy (non-hydrogen) atoms. The second-order valence-electron chi connectivity index (χ2n) is 7.38. The van der Waals surface area contributed by atoms with Gasteiger partial charge in [-0.15, -0.1) is 0 Å². The van der Waals surface area contributed by atoms with Crippen molar-refractivity contribution in [1.29, 1.82) is 0 Å². The zero-order valence-corrected chi connectivity index (χ0v) is 13.3. The lowest BCUT2D eigenvalue weighted by atomic mass is 9.83. The van der Waals surface area contributed by atoms with Gasteiger partial charge in [0.1, 0.15) is 11.3 Å². The first-order chi connectivity index (χ1) is 8.21. The average Bonchev–Trinajstić information content (AvgIpc) is 2.33. The molecule has 1 N–H and O–H groups in total. The molecule has 0 aliphatic carbocycles. The second-order valence-corrected chi connectivity index (χ2v) is 7.38. The molecule has 1 unspecified atom stereocenters. The highest BCUT2D eigenvalue weighted by atomic mass is 16.6. The molecule has 1 aliphatic rings. The van der Waals surface area contributed by atoms with Crippen molar-refractivity contribution < 1.29 is 19.4 Å². The largest absolute Gasteiger partial charge is 0.444 e. The number of hydrogen-bond donors (Lipinski definition) is 1. The topological polar surface area (TPSA) is 59.0 Å². The van der Waals surface area contributed by atoms with Gasteiger partial charge in [0.15, 0.2) is 0 Å². The van der Waals surface area contributed by atoms with Gasteiger partial charge in [0, 0.05) is 0 Å². The van der Waals surface area contributed by atoms with E-state index in [4.69, 9.17) is 9.47 Å². The van der Waals surface area contributed by atoms with Gasteiger partial charge in [-0.25, -0.2) is 4.79 Å². The zero-order chi connectivity index (χ0) is 15.3. The quantitative estimate of drug-likeness (QED) is 0.797. The Bertz CT molecular complexity index is 365. The molecule has 0 radical (unpaired) electrons. The third kappa shape index (κ3) is 3.03. The SMILES string of the molecule is CC(C)(C)OC(=O)N1C(C)(C)OCC1(C)C(C)(C)O. The number of aliphatic hydroxyl groups is 1. The number of carbonyl (C=O) groups excluding carboxylic acids is 1. The Morgan fingerprint density at radius 2 is 1.68 bits per heavy atom. The Morgan fingerprint density at radius 3 is 2.05 bits per heavy atom. The van der Waals surface area contributed by atoms with Gasteiger partial charge in [-0.2, -0.15) is 0 Å². The first kappa shape index (κ1) is 16.2. The normalized spacial score (nSPS) is 27.5. The number of rotatable bonds is 1. The maximum atomic E-state index is 12.5. The van der Waals surface area contributed by atoms with Gasteiger partial charge in [0.25, 0.3) is 0 Å². The van der Waals surface area contributed by atoms with Crippen molar-refractivity contribution in [2.75, 3.05) is 6.61 Å². The van der Waals surface area contributed by atoms with Gasteiger partial charge in [-0.1, -0.05) is 0 Å². The van der Waals surface area contributed by atoms with Crippen molar-refractivity contribution in [1.82, 2.24) is 4.90 Å². The van der Waals surface area contributed by atoms with Gasteiger partial charge in [-0.05, 0) is 55.4 Å². The van der Waals surface area contributed by atoms with Gasteiger partial charge in [0.2, 0.25) is 0 Å². The van der Waals surface area contributed by atoms with Crippen molar-refractivity contribution in [3.8, 4) is 0 Å². The molecule has 0 spiro atoms. The summed E-state index contributed by atoms with van der Waals surface area (Å²) in [7, 11) is 0. The number of nitrogens with zero attached hydrogens (tertiary/aromatic N) is 1. The Balaban J connectivity index is 3.14. The molecule has 1 fully saturated rings. The number of amides is 1. The number of ether oxygens (including phenoxy) is 2. The fraction of sp³-hybridized carbons (Fsp3) is 0.929. The first-order valence-corrected chi connectivity index (χ1v) is 6.60. The molecule has 5 heteroatoms. The molecule has 1 atom stereocenters. The lowest BCUT2D eigenvalue weighted by molar-refractivity contribution is -0.0988. The molecule has 0 saturated carbocycles. The summed E-state index contributed by atoms with van der Waals surface area (Å²) in [6.07, 6.45) is -0.473. The Morgan fingerprint density at radius 1 is 1.21 bits per heavy atom. The standard InChI is InChI=1S/C14H27NO4/c1-11(2,3)19-10(16)15-13(6,7)18-9-14(15,8)12(4,5)17/h17H,9H2,1-8H3. The summed E-state index contributed by atoms with van der Waals surface area (Å²) in [4.78, 5) is 14.0. The summed E-state index contributed by atoms with van der Waals surface area (Å²) < 4.78 is 11.1. The van der Waals surface area contributed by atoms with Crippen LogP contribution < -0.4 is 0 Å². The van der Waals surface area contributed by atoms with Crippen LogP contribution in [0.4, 0.5) is 4.79 Å². The van der Waals surface area contributed by atoms with Gasteiger partial charge in [0.05, 0.1) is 17.7 Å². The van der Waals surface area contributed by atoms with E-state index >= 15 is 0 Å². The van der Waals surface area contributed by atoms with Crippen molar-refractivity contribution in [2.24, 2.45) is 0 Å². The second kappa shape index (κ2) is 4.35. The summed E-state index contributed by atoms with van der Waals surface area (Å²) in [6.45, 7) is 14.5. The lowest BCUT2D eigenvalue weighted by Gasteiger charge is -2.46. The Labute approximate surface area is 115 Å². The molecular formula is C14H27NO4. The van der Waals surface area contributed by atoms with E-state index in [0.29, 0.717) is 0 Å². The van der Waals surface area contributed by atoms with E-state index in [1.807, 2.05) is 27.7 Å². The van der Waals surface area contributed by atoms with E-state index in [2.05, 4.69) is 0 Å². The van der Waals surface area contributed by atoms with Gasteiger partial charge in [-0.3, -0.25) is 4.90 Å². The van der Waals surface area contributed by atoms with Crippen LogP contribution in [-0.2, 0) is 9.47 Å². The minimum atomic E-state index is -1.10. The summed E-state index contributed by atoms with van der Waals surface area (Å²) in [6, 6.07) is 0. The molecule has 5 nitrogen and oxygen atoms in total. The first-order valence-electron chi connectivity index (χ1n) is 6.60. The van der Waals surface area contributed by atoms with E-state index in [0.717, 1.165) is 0 Å². The number of hydrogen-bond acceptors (Lipinski definition) is 4. The third-order valence-corrected chi connectivity index (χ3v) is 3.63. The van der Waals surface area contributed by atoms with Crippen molar-refractivity contribution in [3.05, 3.63) is 0 Å². The van der Waals surface area contributed by atoms with Crippen LogP contribution in [0.1, 0.15) is 55.4 Å². The minimum Gasteiger partial charge on any atom is -0.444 e. The molecule has 1 amide bonds. The molecule has 0 aromatic carbocycles. The van der Waals surface area contributed by atoms with Crippen LogP contribution in [0.5, 0.6) is 0 Å². The molecule has 1 aliphatic heterocycles. The van der Waals surface area contributed by atoms with Crippen LogP contribution in [0.15, 0.2) is 0 Å². The molecule has 1 saturated heterocycles. The van der Waals surface area contributed by atoms with E-state index in [1.165, 1.54) is 4.90 Å². The van der Waals surface area contributed by atoms with Crippen LogP contribution >= 0.6 is 0 Å². The van der Waals surface area contributed by atoms with Crippen molar-refractivity contribution >= 4 is 6.09 Å². The van der Waals surface area contributed by atoms with E-state index in [9.17, 15) is 9.90 Å². The predicted octanol–water partition coefficient (Wildman–Crippen LogP) is 2.52. The molecule has 112 valence electrons. The predicted molar refractivity (Wildman–Crippen MR) is 72.8 cm³/mol. The van der Waals surface area contributed by atoms with E-state index < -0.39 is 28.6 Å². The molecule has 1 heterocycles. The maximum Gasteiger partial charge on any atom is 0.413 e. The molecule has 0 bridgehead atoms. The van der Waals surface area contributed by atoms with Gasteiger partial charge >= 0.3 is 6.09 Å². The fourth-order valence-electron chi connectivity index (χ4n) is 2.22. The van der Waals surface area contributed by atoms with E-state index in [-0.39, 0.29) is 6.61 Å². The van der Waals surface area contributed by atoms with Crippen molar-refractivity contribution in [2.45, 2.75) is 77.9 Å². The monoisotopic (exact) mass is 273 g/mol. The van der Waals surface area contributed by atoms with E-state index in [1.54, 1.807) is 27.7 Å². The highest BCUT2D eigenvalue weighted by molar-refractivity contribution is 5.70. The van der Waals surface area contributed by atoms with Crippen molar-refractivity contribution in [3.63, 3.8) is 0 Å². The Hall–Kier alpha value is -0.810. The van der Waals surface area contributed by atoms with Crippen LogP contribution in [0, 0.1) is 0 Å². The van der Waals surface area contributed by atoms with Crippen LogP contribution in [0.25, 0.3) is 0 Å². The van der Waals surface area contributed by atoms with Crippen LogP contribution in [0.3, 0.4) is 0 Å². The van der Waals surface area contributed by atoms with Crippen LogP contribution in [-0.4, -0.2) is 45.2 Å². The number of carbonyl (C=O) groups is 1. The molecule has 1 rings (SSSR count). The highest BCUT2D eigenvalue weighted by Gasteiger charge is 2.59. The smallest absolute Gasteiger partial charge is 0.413 e. The third-order valence-electron chi connectivity index (χ3n) is 3.63. The summed E-state index contributed by atoms with van der Waals surface area (Å²) in [5, 5.41) is 10.4. The highest BCUT2D eigenvalue weighted by Crippen LogP contribution is 2.42. The molecule has 0 aromatic rings. The molecular weight excluding hydrogens is 246 g/mol. The van der Waals surface area contributed by atoms with Gasteiger partial charge < -0.3 is 14.6 Å². The minimum absolute atomic E-state index is 0.267. The summed E-state index contributed by atoms with van der Waals surface area (Å²) in [5.74, 6) is 0. The average molecular weight is 273 g/mol. The maximum absolute atomic E-state index is 12.5. The summed E-state index contributed by atoms with van der Waals surface area (Å²) >= 11 is 0. The lowest BCUT2D eigenvalue weighted by Crippen LogP contribution is -2.64. The Kier molecular flexibility index (Phi) is 3.72. The fourth-order valence-corrected chi connectivity index (χ4v) is 2.22.